The summed E-state index contributed by atoms with van der Waals surface area (Å²) in [6.45, 7) is 3.85. The molecule has 3 rings (SSSR count). The van der Waals surface area contributed by atoms with E-state index < -0.39 is 11.6 Å². The van der Waals surface area contributed by atoms with E-state index in [2.05, 4.69) is 10.3 Å². The summed E-state index contributed by atoms with van der Waals surface area (Å²) in [7, 11) is 0. The van der Waals surface area contributed by atoms with Crippen LogP contribution in [0, 0.1) is 11.6 Å². The molecule has 1 aromatic heterocycles. The maximum Gasteiger partial charge on any atom is 0.270 e. The van der Waals surface area contributed by atoms with Crippen molar-refractivity contribution >= 4 is 17.2 Å². The minimum atomic E-state index is -0.912. The lowest BCUT2D eigenvalue weighted by Crippen LogP contribution is -2.30. The SMILES string of the molecule is CC(C)NC(=O)c1csc(-c2ccccc2OCc2ccc(F)c(F)c2)n1. The maximum absolute atomic E-state index is 13.3. The van der Waals surface area contributed by atoms with Crippen LogP contribution in [0.1, 0.15) is 29.9 Å². The second-order valence-electron chi connectivity index (χ2n) is 6.20. The molecule has 1 N–H and O–H groups in total. The van der Waals surface area contributed by atoms with E-state index in [1.54, 1.807) is 11.4 Å². The summed E-state index contributed by atoms with van der Waals surface area (Å²) in [5.74, 6) is -1.49. The van der Waals surface area contributed by atoms with Crippen molar-refractivity contribution in [2.45, 2.75) is 26.5 Å². The Balaban J connectivity index is 1.79. The molecule has 0 saturated carbocycles. The van der Waals surface area contributed by atoms with Crippen LogP contribution in [0.5, 0.6) is 5.75 Å². The van der Waals surface area contributed by atoms with Crippen LogP contribution in [0.4, 0.5) is 8.78 Å². The molecule has 2 aromatic carbocycles. The molecule has 0 saturated heterocycles. The van der Waals surface area contributed by atoms with Crippen LogP contribution in [0.3, 0.4) is 0 Å². The standard InChI is InChI=1S/C20H18F2N2O2S/c1-12(2)23-19(25)17-11-27-20(24-17)14-5-3-4-6-18(14)26-10-13-7-8-15(21)16(22)9-13/h3-9,11-12H,10H2,1-2H3,(H,23,25). The number of carbonyl (C=O) groups excluding carboxylic acids is 1. The van der Waals surface area contributed by atoms with Crippen molar-refractivity contribution in [2.75, 3.05) is 0 Å². The molecule has 0 fully saturated rings. The average Bonchev–Trinajstić information content (AvgIpc) is 3.12. The number of para-hydroxylation sites is 1. The third-order valence-electron chi connectivity index (χ3n) is 3.65. The fourth-order valence-electron chi connectivity index (χ4n) is 2.40. The Morgan fingerprint density at radius 3 is 2.70 bits per heavy atom. The number of nitrogens with one attached hydrogen (secondary N) is 1. The number of halogens is 2. The van der Waals surface area contributed by atoms with E-state index in [0.717, 1.165) is 17.7 Å². The number of carbonyl (C=O) groups is 1. The Labute approximate surface area is 159 Å². The van der Waals surface area contributed by atoms with Gasteiger partial charge in [-0.1, -0.05) is 18.2 Å². The number of rotatable bonds is 6. The zero-order chi connectivity index (χ0) is 19.4. The minimum Gasteiger partial charge on any atom is -0.488 e. The van der Waals surface area contributed by atoms with Gasteiger partial charge in [-0.3, -0.25) is 4.79 Å². The van der Waals surface area contributed by atoms with Gasteiger partial charge in [0, 0.05) is 11.4 Å². The summed E-state index contributed by atoms with van der Waals surface area (Å²) >= 11 is 1.34. The highest BCUT2D eigenvalue weighted by atomic mass is 32.1. The largest absolute Gasteiger partial charge is 0.488 e. The van der Waals surface area contributed by atoms with Crippen molar-refractivity contribution in [3.05, 3.63) is 70.7 Å². The second kappa shape index (κ2) is 8.26. The van der Waals surface area contributed by atoms with Gasteiger partial charge in [0.2, 0.25) is 0 Å². The number of hydrogen-bond donors (Lipinski definition) is 1. The third kappa shape index (κ3) is 4.68. The zero-order valence-electron chi connectivity index (χ0n) is 14.8. The average molecular weight is 388 g/mol. The Hall–Kier alpha value is -2.80. The molecule has 0 unspecified atom stereocenters. The predicted molar refractivity (Wildman–Crippen MR) is 101 cm³/mol. The van der Waals surface area contributed by atoms with E-state index >= 15 is 0 Å². The van der Waals surface area contributed by atoms with Crippen molar-refractivity contribution in [3.63, 3.8) is 0 Å². The lowest BCUT2D eigenvalue weighted by atomic mass is 10.2. The van der Waals surface area contributed by atoms with E-state index in [1.807, 2.05) is 32.0 Å². The van der Waals surface area contributed by atoms with Crippen LogP contribution in [0.2, 0.25) is 0 Å². The first-order valence-corrected chi connectivity index (χ1v) is 9.24. The van der Waals surface area contributed by atoms with Gasteiger partial charge >= 0.3 is 0 Å². The summed E-state index contributed by atoms with van der Waals surface area (Å²) < 4.78 is 32.2. The number of ether oxygens (including phenoxy) is 1. The third-order valence-corrected chi connectivity index (χ3v) is 4.53. The monoisotopic (exact) mass is 388 g/mol. The van der Waals surface area contributed by atoms with Gasteiger partial charge in [-0.25, -0.2) is 13.8 Å². The number of aromatic nitrogens is 1. The van der Waals surface area contributed by atoms with Crippen LogP contribution < -0.4 is 10.1 Å². The Morgan fingerprint density at radius 1 is 1.19 bits per heavy atom. The zero-order valence-corrected chi connectivity index (χ0v) is 15.6. The molecule has 0 radical (unpaired) electrons. The molecule has 3 aromatic rings. The Bertz CT molecular complexity index is 957. The van der Waals surface area contributed by atoms with Crippen LogP contribution in [0.15, 0.2) is 47.8 Å². The molecule has 1 heterocycles. The molecule has 0 bridgehead atoms. The minimum absolute atomic E-state index is 0.0226. The van der Waals surface area contributed by atoms with Crippen LogP contribution in [-0.2, 0) is 6.61 Å². The number of thiazole rings is 1. The van der Waals surface area contributed by atoms with E-state index in [-0.39, 0.29) is 18.6 Å². The lowest BCUT2D eigenvalue weighted by molar-refractivity contribution is 0.0939. The summed E-state index contributed by atoms with van der Waals surface area (Å²) in [6.07, 6.45) is 0. The highest BCUT2D eigenvalue weighted by molar-refractivity contribution is 7.13. The first kappa shape index (κ1) is 19.0. The molecule has 0 aliphatic carbocycles. The molecule has 0 spiro atoms. The van der Waals surface area contributed by atoms with Crippen molar-refractivity contribution in [2.24, 2.45) is 0 Å². The summed E-state index contributed by atoms with van der Waals surface area (Å²) in [5.41, 5.74) is 1.59. The van der Waals surface area contributed by atoms with Crippen LogP contribution >= 0.6 is 11.3 Å². The number of nitrogens with zero attached hydrogens (tertiary/aromatic N) is 1. The lowest BCUT2D eigenvalue weighted by Gasteiger charge is -2.10. The van der Waals surface area contributed by atoms with Gasteiger partial charge in [0.1, 0.15) is 23.1 Å². The van der Waals surface area contributed by atoms with Gasteiger partial charge in [0.15, 0.2) is 11.6 Å². The quantitative estimate of drug-likeness (QED) is 0.660. The molecular weight excluding hydrogens is 370 g/mol. The molecule has 1 amide bonds. The van der Waals surface area contributed by atoms with Gasteiger partial charge < -0.3 is 10.1 Å². The van der Waals surface area contributed by atoms with E-state index in [1.165, 1.54) is 17.4 Å². The van der Waals surface area contributed by atoms with Crippen molar-refractivity contribution in [3.8, 4) is 16.3 Å². The van der Waals surface area contributed by atoms with Gasteiger partial charge in [-0.15, -0.1) is 11.3 Å². The highest BCUT2D eigenvalue weighted by Gasteiger charge is 2.15. The Morgan fingerprint density at radius 2 is 1.96 bits per heavy atom. The van der Waals surface area contributed by atoms with E-state index in [0.29, 0.717) is 22.0 Å². The van der Waals surface area contributed by atoms with Crippen molar-refractivity contribution in [1.29, 1.82) is 0 Å². The highest BCUT2D eigenvalue weighted by Crippen LogP contribution is 2.32. The molecule has 27 heavy (non-hydrogen) atoms. The maximum atomic E-state index is 13.3. The normalized spacial score (nSPS) is 10.9. The molecule has 4 nitrogen and oxygen atoms in total. The van der Waals surface area contributed by atoms with Crippen LogP contribution in [0.25, 0.3) is 10.6 Å². The van der Waals surface area contributed by atoms with E-state index in [4.69, 9.17) is 4.74 Å². The second-order valence-corrected chi connectivity index (χ2v) is 7.06. The first-order valence-electron chi connectivity index (χ1n) is 8.36. The van der Waals surface area contributed by atoms with Crippen LogP contribution in [-0.4, -0.2) is 16.9 Å². The summed E-state index contributed by atoms with van der Waals surface area (Å²) in [4.78, 5) is 16.5. The first-order chi connectivity index (χ1) is 12.9. The number of hydrogen-bond acceptors (Lipinski definition) is 4. The fourth-order valence-corrected chi connectivity index (χ4v) is 3.23. The molecular formula is C20H18F2N2O2S. The summed E-state index contributed by atoms with van der Waals surface area (Å²) in [5, 5.41) is 5.14. The van der Waals surface area contributed by atoms with E-state index in [9.17, 15) is 13.6 Å². The molecule has 0 atom stereocenters. The predicted octanol–water partition coefficient (Wildman–Crippen LogP) is 4.81. The molecule has 0 aliphatic heterocycles. The van der Waals surface area contributed by atoms with Gasteiger partial charge in [-0.2, -0.15) is 0 Å². The number of amides is 1. The molecule has 0 aliphatic rings. The van der Waals surface area contributed by atoms with Crippen molar-refractivity contribution in [1.82, 2.24) is 10.3 Å². The van der Waals surface area contributed by atoms with Gasteiger partial charge in [-0.05, 0) is 43.7 Å². The van der Waals surface area contributed by atoms with Gasteiger partial charge in [0.05, 0.1) is 5.56 Å². The topological polar surface area (TPSA) is 51.2 Å². The van der Waals surface area contributed by atoms with Gasteiger partial charge in [0.25, 0.3) is 5.91 Å². The molecule has 7 heteroatoms. The number of benzene rings is 2. The van der Waals surface area contributed by atoms with Crippen molar-refractivity contribution < 1.29 is 18.3 Å². The fraction of sp³-hybridized carbons (Fsp3) is 0.200. The Kier molecular flexibility index (Phi) is 5.81. The molecule has 140 valence electrons. The smallest absolute Gasteiger partial charge is 0.270 e. The summed E-state index contributed by atoms with van der Waals surface area (Å²) in [6, 6.07) is 10.9.